The molecule has 1 saturated heterocycles. The fourth-order valence-corrected chi connectivity index (χ4v) is 4.15. The third kappa shape index (κ3) is 3.47. The molecule has 2 aromatic rings. The van der Waals surface area contributed by atoms with Gasteiger partial charge in [-0.2, -0.15) is 0 Å². The Morgan fingerprint density at radius 1 is 1.24 bits per heavy atom. The van der Waals surface area contributed by atoms with E-state index in [1.165, 1.54) is 12.8 Å². The average Bonchev–Trinajstić information content (AvgIpc) is 3.24. The molecule has 132 valence electrons. The topological polar surface area (TPSA) is 50.2 Å². The van der Waals surface area contributed by atoms with E-state index in [0.717, 1.165) is 49.6 Å². The summed E-state index contributed by atoms with van der Waals surface area (Å²) < 4.78 is 2.19. The van der Waals surface area contributed by atoms with E-state index in [1.807, 2.05) is 25.1 Å². The molecule has 0 radical (unpaired) electrons. The lowest BCUT2D eigenvalue weighted by molar-refractivity contribution is -0.127. The Bertz CT molecular complexity index is 733. The van der Waals surface area contributed by atoms with Crippen LogP contribution in [0.4, 0.5) is 0 Å². The van der Waals surface area contributed by atoms with E-state index in [9.17, 15) is 4.79 Å². The number of aromatic nitrogens is 2. The minimum atomic E-state index is -0.172. The summed E-state index contributed by atoms with van der Waals surface area (Å²) in [5.41, 5.74) is 2.15. The second-order valence-corrected chi connectivity index (χ2v) is 7.25. The van der Waals surface area contributed by atoms with Crippen LogP contribution in [-0.4, -0.2) is 39.5 Å². The number of carbonyl (C=O) groups is 1. The van der Waals surface area contributed by atoms with Gasteiger partial charge in [0.25, 0.3) is 0 Å². The van der Waals surface area contributed by atoms with Gasteiger partial charge in [-0.3, -0.25) is 9.69 Å². The lowest BCUT2D eigenvalue weighted by Crippen LogP contribution is -2.46. The summed E-state index contributed by atoms with van der Waals surface area (Å²) in [7, 11) is 0. The predicted molar refractivity (Wildman–Crippen MR) is 97.2 cm³/mol. The summed E-state index contributed by atoms with van der Waals surface area (Å²) in [6, 6.07) is 10.2. The van der Waals surface area contributed by atoms with Crippen molar-refractivity contribution in [1.82, 2.24) is 19.8 Å². The van der Waals surface area contributed by atoms with Gasteiger partial charge in [0.2, 0.25) is 5.91 Å². The molecule has 5 heteroatoms. The van der Waals surface area contributed by atoms with Gasteiger partial charge in [-0.25, -0.2) is 4.98 Å². The first-order valence-electron chi connectivity index (χ1n) is 9.33. The van der Waals surface area contributed by atoms with E-state index in [-0.39, 0.29) is 18.0 Å². The van der Waals surface area contributed by atoms with Crippen molar-refractivity contribution in [3.05, 3.63) is 53.6 Å². The average molecular weight is 338 g/mol. The molecule has 1 N–H and O–H groups in total. The quantitative estimate of drug-likeness (QED) is 0.932. The number of imidazole rings is 1. The third-order valence-electron chi connectivity index (χ3n) is 5.33. The second-order valence-electron chi connectivity index (χ2n) is 7.25. The molecule has 0 saturated carbocycles. The summed E-state index contributed by atoms with van der Waals surface area (Å²) in [6.07, 6.45) is 6.33. The van der Waals surface area contributed by atoms with Gasteiger partial charge in [0, 0.05) is 25.2 Å². The highest BCUT2D eigenvalue weighted by molar-refractivity contribution is 5.83. The van der Waals surface area contributed by atoms with Gasteiger partial charge in [0.05, 0.1) is 5.69 Å². The van der Waals surface area contributed by atoms with Gasteiger partial charge in [0.1, 0.15) is 11.9 Å². The van der Waals surface area contributed by atoms with Crippen molar-refractivity contribution in [3.63, 3.8) is 0 Å². The van der Waals surface area contributed by atoms with E-state index in [4.69, 9.17) is 0 Å². The molecule has 0 unspecified atom stereocenters. The summed E-state index contributed by atoms with van der Waals surface area (Å²) in [4.78, 5) is 20.0. The van der Waals surface area contributed by atoms with Crippen LogP contribution >= 0.6 is 0 Å². The largest absolute Gasteiger partial charge is 0.350 e. The molecule has 2 atom stereocenters. The van der Waals surface area contributed by atoms with E-state index in [1.54, 1.807) is 0 Å². The zero-order valence-corrected chi connectivity index (χ0v) is 14.8. The molecule has 0 spiro atoms. The van der Waals surface area contributed by atoms with Crippen LogP contribution in [0.25, 0.3) is 0 Å². The Morgan fingerprint density at radius 2 is 2.00 bits per heavy atom. The lowest BCUT2D eigenvalue weighted by Gasteiger charge is -2.31. The third-order valence-corrected chi connectivity index (χ3v) is 5.33. The predicted octanol–water partition coefficient (Wildman–Crippen LogP) is 2.46. The Kier molecular flexibility index (Phi) is 4.57. The van der Waals surface area contributed by atoms with Crippen molar-refractivity contribution >= 4 is 5.91 Å². The van der Waals surface area contributed by atoms with Crippen LogP contribution in [0.2, 0.25) is 0 Å². The molecule has 4 rings (SSSR count). The zero-order valence-electron chi connectivity index (χ0n) is 14.8. The number of fused-ring (bicyclic) bond motifs is 1. The Morgan fingerprint density at radius 3 is 2.76 bits per heavy atom. The van der Waals surface area contributed by atoms with Gasteiger partial charge in [-0.15, -0.1) is 0 Å². The van der Waals surface area contributed by atoms with Gasteiger partial charge < -0.3 is 9.88 Å². The number of carbonyl (C=O) groups excluding carboxylic acids is 1. The first-order valence-corrected chi connectivity index (χ1v) is 9.33. The normalized spacial score (nSPS) is 21.7. The zero-order chi connectivity index (χ0) is 17.2. The number of hydrogen-bond acceptors (Lipinski definition) is 3. The number of aryl methyl sites for hydroxylation is 2. The maximum absolute atomic E-state index is 13.1. The molecular weight excluding hydrogens is 312 g/mol. The maximum atomic E-state index is 13.1. The summed E-state index contributed by atoms with van der Waals surface area (Å²) in [5, 5.41) is 3.32. The molecule has 1 amide bonds. The van der Waals surface area contributed by atoms with Crippen molar-refractivity contribution in [2.24, 2.45) is 0 Å². The smallest absolute Gasteiger partial charge is 0.242 e. The van der Waals surface area contributed by atoms with Gasteiger partial charge >= 0.3 is 0 Å². The summed E-state index contributed by atoms with van der Waals surface area (Å²) in [5.74, 6) is 1.28. The van der Waals surface area contributed by atoms with Gasteiger partial charge in [-0.05, 0) is 44.8 Å². The number of amides is 1. The highest BCUT2D eigenvalue weighted by Crippen LogP contribution is 2.26. The molecule has 1 fully saturated rings. The van der Waals surface area contributed by atoms with Crippen LogP contribution in [0.3, 0.4) is 0 Å². The van der Waals surface area contributed by atoms with E-state index >= 15 is 0 Å². The Hall–Kier alpha value is -2.14. The van der Waals surface area contributed by atoms with Gasteiger partial charge in [-0.1, -0.05) is 30.3 Å². The van der Waals surface area contributed by atoms with E-state index < -0.39 is 0 Å². The molecule has 0 aliphatic carbocycles. The highest BCUT2D eigenvalue weighted by Gasteiger charge is 2.31. The molecule has 25 heavy (non-hydrogen) atoms. The van der Waals surface area contributed by atoms with Crippen molar-refractivity contribution in [3.8, 4) is 0 Å². The standard InChI is InChI=1S/C20H26N4O/c1-15-13-24-14-17(9-10-18(24)21-15)22-20(25)19(23-11-5-6-12-23)16-7-3-2-4-8-16/h2-4,7-8,13,17,19H,5-6,9-12,14H2,1H3,(H,22,25)/t17-,19-/m1/s1. The molecule has 0 bridgehead atoms. The van der Waals surface area contributed by atoms with Crippen LogP contribution in [0.1, 0.15) is 42.4 Å². The molecule has 2 aliphatic heterocycles. The molecule has 5 nitrogen and oxygen atoms in total. The lowest BCUT2D eigenvalue weighted by atomic mass is 10.0. The fraction of sp³-hybridized carbons (Fsp3) is 0.500. The molecular formula is C20H26N4O. The summed E-state index contributed by atoms with van der Waals surface area (Å²) >= 11 is 0. The molecule has 1 aromatic carbocycles. The number of likely N-dealkylation sites (tertiary alicyclic amines) is 1. The van der Waals surface area contributed by atoms with Crippen LogP contribution < -0.4 is 5.32 Å². The number of rotatable bonds is 4. The SMILES string of the molecule is Cc1cn2c(n1)CC[C@@H](NC(=O)[C@@H](c1ccccc1)N1CCCC1)C2. The fourth-order valence-electron chi connectivity index (χ4n) is 4.15. The van der Waals surface area contributed by atoms with Crippen LogP contribution in [0, 0.1) is 6.92 Å². The number of benzene rings is 1. The molecule has 3 heterocycles. The number of nitrogens with one attached hydrogen (secondary N) is 1. The van der Waals surface area contributed by atoms with Crippen LogP contribution in [0.15, 0.2) is 36.5 Å². The van der Waals surface area contributed by atoms with Crippen molar-refractivity contribution in [2.75, 3.05) is 13.1 Å². The van der Waals surface area contributed by atoms with E-state index in [0.29, 0.717) is 0 Å². The van der Waals surface area contributed by atoms with Crippen LogP contribution in [-0.2, 0) is 17.8 Å². The molecule has 1 aromatic heterocycles. The number of hydrogen-bond donors (Lipinski definition) is 1. The Labute approximate surface area is 149 Å². The minimum absolute atomic E-state index is 0.137. The minimum Gasteiger partial charge on any atom is -0.350 e. The highest BCUT2D eigenvalue weighted by atomic mass is 16.2. The maximum Gasteiger partial charge on any atom is 0.242 e. The van der Waals surface area contributed by atoms with Crippen molar-refractivity contribution in [2.45, 2.75) is 51.2 Å². The summed E-state index contributed by atoms with van der Waals surface area (Å²) in [6.45, 7) is 4.85. The van der Waals surface area contributed by atoms with E-state index in [2.05, 4.69) is 38.1 Å². The van der Waals surface area contributed by atoms with Crippen molar-refractivity contribution < 1.29 is 4.79 Å². The second kappa shape index (κ2) is 7.00. The first kappa shape index (κ1) is 16.3. The monoisotopic (exact) mass is 338 g/mol. The molecule has 2 aliphatic rings. The van der Waals surface area contributed by atoms with Crippen LogP contribution in [0.5, 0.6) is 0 Å². The Balaban J connectivity index is 1.49. The van der Waals surface area contributed by atoms with Gasteiger partial charge in [0.15, 0.2) is 0 Å². The number of nitrogens with zero attached hydrogens (tertiary/aromatic N) is 3. The first-order chi connectivity index (χ1) is 12.2. The van der Waals surface area contributed by atoms with Crippen molar-refractivity contribution in [1.29, 1.82) is 0 Å².